The van der Waals surface area contributed by atoms with Gasteiger partial charge in [-0.3, -0.25) is 4.68 Å². The molecule has 0 amide bonds. The maximum atomic E-state index is 4.66. The summed E-state index contributed by atoms with van der Waals surface area (Å²) in [6.45, 7) is 7.18. The fourth-order valence-electron chi connectivity index (χ4n) is 2.47. The van der Waals surface area contributed by atoms with Crippen LogP contribution in [0, 0.1) is 0 Å². The molecule has 4 heteroatoms. The van der Waals surface area contributed by atoms with Crippen molar-refractivity contribution in [2.45, 2.75) is 39.8 Å². The number of likely N-dealkylation sites (N-methyl/N-ethyl adjacent to an activating group) is 1. The molecular weight excluding hydrogens is 326 g/mol. The second-order valence-corrected chi connectivity index (χ2v) is 6.14. The van der Waals surface area contributed by atoms with E-state index < -0.39 is 0 Å². The summed E-state index contributed by atoms with van der Waals surface area (Å²) in [5.41, 5.74) is 3.83. The molecule has 21 heavy (non-hydrogen) atoms. The van der Waals surface area contributed by atoms with Crippen molar-refractivity contribution in [1.29, 1.82) is 0 Å². The van der Waals surface area contributed by atoms with Crippen molar-refractivity contribution >= 4 is 15.9 Å². The predicted molar refractivity (Wildman–Crippen MR) is 91.5 cm³/mol. The third kappa shape index (κ3) is 4.17. The molecule has 114 valence electrons. The molecular formula is C17H24BrN3. The molecule has 1 heterocycles. The minimum absolute atomic E-state index is 0.917. The van der Waals surface area contributed by atoms with Crippen LogP contribution < -0.4 is 0 Å². The number of benzene rings is 1. The quantitative estimate of drug-likeness (QED) is 0.755. The van der Waals surface area contributed by atoms with Gasteiger partial charge in [0.05, 0.1) is 15.9 Å². The van der Waals surface area contributed by atoms with Crippen molar-refractivity contribution in [3.8, 4) is 0 Å². The Morgan fingerprint density at radius 1 is 1.19 bits per heavy atom. The lowest BCUT2D eigenvalue weighted by Gasteiger charge is -2.17. The molecule has 0 saturated carbocycles. The molecule has 1 aromatic heterocycles. The predicted octanol–water partition coefficient (Wildman–Crippen LogP) is 3.90. The molecule has 0 bridgehead atoms. The molecule has 0 aliphatic carbocycles. The highest BCUT2D eigenvalue weighted by atomic mass is 79.9. The van der Waals surface area contributed by atoms with Crippen molar-refractivity contribution in [2.24, 2.45) is 0 Å². The molecule has 0 atom stereocenters. The number of hydrogen-bond acceptors (Lipinski definition) is 2. The van der Waals surface area contributed by atoms with Crippen molar-refractivity contribution < 1.29 is 0 Å². The van der Waals surface area contributed by atoms with E-state index in [-0.39, 0.29) is 0 Å². The first-order valence-corrected chi connectivity index (χ1v) is 8.41. The summed E-state index contributed by atoms with van der Waals surface area (Å²) >= 11 is 3.72. The molecule has 0 aliphatic heterocycles. The van der Waals surface area contributed by atoms with Gasteiger partial charge in [-0.1, -0.05) is 37.3 Å². The lowest BCUT2D eigenvalue weighted by atomic mass is 10.1. The monoisotopic (exact) mass is 349 g/mol. The van der Waals surface area contributed by atoms with E-state index in [1.807, 2.05) is 0 Å². The van der Waals surface area contributed by atoms with Gasteiger partial charge in [0, 0.05) is 19.6 Å². The Balaban J connectivity index is 1.99. The van der Waals surface area contributed by atoms with Crippen LogP contribution >= 0.6 is 15.9 Å². The molecule has 0 radical (unpaired) electrons. The molecule has 2 aromatic rings. The first-order chi connectivity index (χ1) is 10.2. The summed E-state index contributed by atoms with van der Waals surface area (Å²) in [7, 11) is 2.17. The molecule has 0 N–H and O–H groups in total. The highest BCUT2D eigenvalue weighted by Gasteiger charge is 2.15. The van der Waals surface area contributed by atoms with E-state index in [0.717, 1.165) is 38.2 Å². The Morgan fingerprint density at radius 2 is 1.90 bits per heavy atom. The molecule has 0 saturated heterocycles. The zero-order valence-electron chi connectivity index (χ0n) is 13.1. The third-order valence-electron chi connectivity index (χ3n) is 3.74. The molecule has 0 aliphatic rings. The Bertz CT molecular complexity index is 563. The maximum absolute atomic E-state index is 4.66. The molecule has 2 rings (SSSR count). The molecule has 0 unspecified atom stereocenters. The minimum Gasteiger partial charge on any atom is -0.300 e. The van der Waals surface area contributed by atoms with Crippen LogP contribution in [0.3, 0.4) is 0 Å². The largest absolute Gasteiger partial charge is 0.300 e. The van der Waals surface area contributed by atoms with Crippen LogP contribution in [0.2, 0.25) is 0 Å². The second kappa shape index (κ2) is 7.76. The maximum Gasteiger partial charge on any atom is 0.0767 e. The summed E-state index contributed by atoms with van der Waals surface area (Å²) in [5, 5.41) is 4.66. The van der Waals surface area contributed by atoms with Gasteiger partial charge in [0.1, 0.15) is 0 Å². The van der Waals surface area contributed by atoms with E-state index in [0.29, 0.717) is 0 Å². The molecule has 3 nitrogen and oxygen atoms in total. The molecule has 0 spiro atoms. The van der Waals surface area contributed by atoms with Crippen molar-refractivity contribution in [3.63, 3.8) is 0 Å². The number of aryl methyl sites for hydroxylation is 2. The van der Waals surface area contributed by atoms with Gasteiger partial charge in [0.25, 0.3) is 0 Å². The highest BCUT2D eigenvalue weighted by molar-refractivity contribution is 9.10. The topological polar surface area (TPSA) is 21.1 Å². The standard InChI is InChI=1S/C17H24BrN3/c1-4-15-17(18)16(21(5-2)19-15)13-20(3)12-11-14-9-7-6-8-10-14/h6-10H,4-5,11-13H2,1-3H3. The number of aromatic nitrogens is 2. The third-order valence-corrected chi connectivity index (χ3v) is 4.65. The lowest BCUT2D eigenvalue weighted by Crippen LogP contribution is -2.22. The van der Waals surface area contributed by atoms with Gasteiger partial charge in [-0.2, -0.15) is 5.10 Å². The van der Waals surface area contributed by atoms with E-state index >= 15 is 0 Å². The Morgan fingerprint density at radius 3 is 2.52 bits per heavy atom. The van der Waals surface area contributed by atoms with Crippen LogP contribution in [0.1, 0.15) is 30.8 Å². The van der Waals surface area contributed by atoms with E-state index in [4.69, 9.17) is 0 Å². The number of halogens is 1. The zero-order valence-corrected chi connectivity index (χ0v) is 14.7. The van der Waals surface area contributed by atoms with E-state index in [1.54, 1.807) is 0 Å². The molecule has 0 fully saturated rings. The van der Waals surface area contributed by atoms with Gasteiger partial charge >= 0.3 is 0 Å². The summed E-state index contributed by atoms with van der Waals surface area (Å²) in [6, 6.07) is 10.7. The Kier molecular flexibility index (Phi) is 6.00. The van der Waals surface area contributed by atoms with Crippen LogP contribution in [-0.4, -0.2) is 28.3 Å². The second-order valence-electron chi connectivity index (χ2n) is 5.35. The zero-order chi connectivity index (χ0) is 15.2. The van der Waals surface area contributed by atoms with Crippen molar-refractivity contribution in [2.75, 3.05) is 13.6 Å². The van der Waals surface area contributed by atoms with Crippen LogP contribution in [0.25, 0.3) is 0 Å². The van der Waals surface area contributed by atoms with Gasteiger partial charge in [-0.25, -0.2) is 0 Å². The lowest BCUT2D eigenvalue weighted by molar-refractivity contribution is 0.318. The normalized spacial score (nSPS) is 11.3. The van der Waals surface area contributed by atoms with Crippen LogP contribution in [0.4, 0.5) is 0 Å². The van der Waals surface area contributed by atoms with E-state index in [1.165, 1.54) is 15.7 Å². The number of rotatable bonds is 7. The van der Waals surface area contributed by atoms with Gasteiger partial charge in [0.15, 0.2) is 0 Å². The van der Waals surface area contributed by atoms with Crippen LogP contribution in [0.15, 0.2) is 34.8 Å². The summed E-state index contributed by atoms with van der Waals surface area (Å²) < 4.78 is 3.29. The fourth-order valence-corrected chi connectivity index (χ4v) is 3.16. The van der Waals surface area contributed by atoms with Gasteiger partial charge in [0.2, 0.25) is 0 Å². The van der Waals surface area contributed by atoms with Gasteiger partial charge in [-0.05, 0) is 48.3 Å². The smallest absolute Gasteiger partial charge is 0.0767 e. The average molecular weight is 350 g/mol. The van der Waals surface area contributed by atoms with Crippen molar-refractivity contribution in [1.82, 2.24) is 14.7 Å². The SMILES string of the molecule is CCc1nn(CC)c(CN(C)CCc2ccccc2)c1Br. The summed E-state index contributed by atoms with van der Waals surface area (Å²) in [6.07, 6.45) is 2.05. The average Bonchev–Trinajstić information content (AvgIpc) is 2.82. The van der Waals surface area contributed by atoms with E-state index in [9.17, 15) is 0 Å². The highest BCUT2D eigenvalue weighted by Crippen LogP contribution is 2.23. The number of nitrogens with zero attached hydrogens (tertiary/aromatic N) is 3. The van der Waals surface area contributed by atoms with Crippen LogP contribution in [0.5, 0.6) is 0 Å². The van der Waals surface area contributed by atoms with Crippen LogP contribution in [-0.2, 0) is 25.9 Å². The minimum atomic E-state index is 0.917. The number of hydrogen-bond donors (Lipinski definition) is 0. The Hall–Kier alpha value is -1.13. The van der Waals surface area contributed by atoms with Gasteiger partial charge < -0.3 is 4.90 Å². The Labute approximate surface area is 136 Å². The molecule has 1 aromatic carbocycles. The van der Waals surface area contributed by atoms with Crippen molar-refractivity contribution in [3.05, 3.63) is 51.8 Å². The fraction of sp³-hybridized carbons (Fsp3) is 0.471. The summed E-state index contributed by atoms with van der Waals surface area (Å²) in [5.74, 6) is 0. The first kappa shape index (κ1) is 16.2. The van der Waals surface area contributed by atoms with E-state index in [2.05, 4.69) is 81.8 Å². The van der Waals surface area contributed by atoms with Gasteiger partial charge in [-0.15, -0.1) is 0 Å². The first-order valence-electron chi connectivity index (χ1n) is 7.62. The summed E-state index contributed by atoms with van der Waals surface area (Å²) in [4.78, 5) is 2.36.